The highest BCUT2D eigenvalue weighted by Crippen LogP contribution is 2.37. The molecule has 0 heterocycles. The van der Waals surface area contributed by atoms with Crippen molar-refractivity contribution in [1.82, 2.24) is 5.32 Å². The van der Waals surface area contributed by atoms with Crippen molar-refractivity contribution in [2.75, 3.05) is 6.54 Å². The van der Waals surface area contributed by atoms with E-state index >= 15 is 0 Å². The topological polar surface area (TPSA) is 12.0 Å². The average molecular weight is 263 g/mol. The fourth-order valence-corrected chi connectivity index (χ4v) is 2.85. The summed E-state index contributed by atoms with van der Waals surface area (Å²) in [5.41, 5.74) is 1.26. The Balaban J connectivity index is 2.09. The largest absolute Gasteiger partial charge is 0.313 e. The molecule has 0 aromatic heterocycles. The first-order chi connectivity index (χ1) is 9.04. The summed E-state index contributed by atoms with van der Waals surface area (Å²) in [5, 5.41) is 3.63. The summed E-state index contributed by atoms with van der Waals surface area (Å²) in [6, 6.07) is 7.46. The lowest BCUT2D eigenvalue weighted by Gasteiger charge is -2.36. The molecule has 0 saturated heterocycles. The average Bonchev–Trinajstić information content (AvgIpc) is 3.19. The molecule has 106 valence electrons. The Kier molecular flexibility index (Phi) is 4.62. The van der Waals surface area contributed by atoms with E-state index in [4.69, 9.17) is 0 Å². The van der Waals surface area contributed by atoms with Gasteiger partial charge in [0, 0.05) is 11.5 Å². The van der Waals surface area contributed by atoms with Crippen LogP contribution in [-0.2, 0) is 5.41 Å². The highest BCUT2D eigenvalue weighted by atomic mass is 19.1. The second-order valence-corrected chi connectivity index (χ2v) is 6.36. The van der Waals surface area contributed by atoms with Crippen LogP contribution in [0.3, 0.4) is 0 Å². The summed E-state index contributed by atoms with van der Waals surface area (Å²) < 4.78 is 13.1. The Bertz CT molecular complexity index is 392. The molecule has 0 bridgehead atoms. The van der Waals surface area contributed by atoms with Crippen LogP contribution in [0, 0.1) is 11.7 Å². The lowest BCUT2D eigenvalue weighted by molar-refractivity contribution is 0.316. The quantitative estimate of drug-likeness (QED) is 0.774. The number of benzene rings is 1. The molecule has 2 heteroatoms. The summed E-state index contributed by atoms with van der Waals surface area (Å²) >= 11 is 0. The van der Waals surface area contributed by atoms with Crippen LogP contribution in [0.4, 0.5) is 4.39 Å². The van der Waals surface area contributed by atoms with Gasteiger partial charge in [0.15, 0.2) is 0 Å². The van der Waals surface area contributed by atoms with Crippen molar-refractivity contribution in [3.05, 3.63) is 35.6 Å². The van der Waals surface area contributed by atoms with Gasteiger partial charge in [0.05, 0.1) is 0 Å². The minimum atomic E-state index is -0.155. The van der Waals surface area contributed by atoms with Crippen LogP contribution >= 0.6 is 0 Å². The number of hydrogen-bond acceptors (Lipinski definition) is 1. The Morgan fingerprint density at radius 1 is 1.26 bits per heavy atom. The molecule has 0 amide bonds. The van der Waals surface area contributed by atoms with Gasteiger partial charge in [-0.25, -0.2) is 4.39 Å². The zero-order chi connectivity index (χ0) is 13.9. The van der Waals surface area contributed by atoms with E-state index in [0.717, 1.165) is 12.5 Å². The van der Waals surface area contributed by atoms with Crippen LogP contribution in [-0.4, -0.2) is 12.6 Å². The normalized spacial score (nSPS) is 17.5. The molecular formula is C17H26FN. The molecule has 0 aliphatic heterocycles. The number of nitrogens with one attached hydrogen (secondary N) is 1. The van der Waals surface area contributed by atoms with E-state index in [1.165, 1.54) is 31.2 Å². The van der Waals surface area contributed by atoms with Gasteiger partial charge in [-0.05, 0) is 43.0 Å². The van der Waals surface area contributed by atoms with Gasteiger partial charge in [0.1, 0.15) is 5.82 Å². The molecular weight excluding hydrogens is 237 g/mol. The maximum atomic E-state index is 13.1. The van der Waals surface area contributed by atoms with E-state index in [0.29, 0.717) is 6.04 Å². The van der Waals surface area contributed by atoms with E-state index in [-0.39, 0.29) is 11.2 Å². The first-order valence-electron chi connectivity index (χ1n) is 7.53. The predicted octanol–water partition coefficient (Wildman–Crippen LogP) is 4.27. The molecule has 1 aliphatic carbocycles. The lowest BCUT2D eigenvalue weighted by Crippen LogP contribution is -2.44. The summed E-state index contributed by atoms with van der Waals surface area (Å²) in [7, 11) is 0. The van der Waals surface area contributed by atoms with Gasteiger partial charge < -0.3 is 5.32 Å². The summed E-state index contributed by atoms with van der Waals surface area (Å²) in [6.45, 7) is 7.67. The lowest BCUT2D eigenvalue weighted by atomic mass is 9.75. The minimum absolute atomic E-state index is 0.0403. The smallest absolute Gasteiger partial charge is 0.123 e. The summed E-state index contributed by atoms with van der Waals surface area (Å²) in [5.74, 6) is 0.808. The molecule has 1 atom stereocenters. The second-order valence-electron chi connectivity index (χ2n) is 6.36. The maximum absolute atomic E-state index is 13.1. The zero-order valence-corrected chi connectivity index (χ0v) is 12.4. The molecule has 0 radical (unpaired) electrons. The first-order valence-corrected chi connectivity index (χ1v) is 7.53. The second kappa shape index (κ2) is 6.04. The first kappa shape index (κ1) is 14.5. The van der Waals surface area contributed by atoms with Crippen LogP contribution in [0.1, 0.15) is 52.0 Å². The third-order valence-corrected chi connectivity index (χ3v) is 4.47. The third kappa shape index (κ3) is 3.79. The molecule has 1 N–H and O–H groups in total. The van der Waals surface area contributed by atoms with Crippen molar-refractivity contribution < 1.29 is 4.39 Å². The third-order valence-electron chi connectivity index (χ3n) is 4.47. The van der Waals surface area contributed by atoms with Crippen molar-refractivity contribution >= 4 is 0 Å². The molecule has 1 unspecified atom stereocenters. The number of rotatable bonds is 7. The van der Waals surface area contributed by atoms with Crippen molar-refractivity contribution in [3.63, 3.8) is 0 Å². The van der Waals surface area contributed by atoms with Gasteiger partial charge in [-0.1, -0.05) is 45.7 Å². The van der Waals surface area contributed by atoms with Crippen LogP contribution in [0.15, 0.2) is 24.3 Å². The standard InChI is InChI=1S/C17H26FN/c1-4-19-16(12-7-13-5-6-13)17(2,3)14-8-10-15(18)11-9-14/h8-11,13,16,19H,4-7,12H2,1-3H3. The molecule has 1 aromatic carbocycles. The summed E-state index contributed by atoms with van der Waals surface area (Å²) in [6.07, 6.45) is 5.36. The highest BCUT2D eigenvalue weighted by Gasteiger charge is 2.32. The van der Waals surface area contributed by atoms with Crippen molar-refractivity contribution in [2.24, 2.45) is 5.92 Å². The van der Waals surface area contributed by atoms with Crippen molar-refractivity contribution in [2.45, 2.75) is 57.9 Å². The molecule has 1 fully saturated rings. The van der Waals surface area contributed by atoms with Crippen LogP contribution < -0.4 is 5.32 Å². The highest BCUT2D eigenvalue weighted by molar-refractivity contribution is 5.26. The molecule has 1 saturated carbocycles. The molecule has 2 rings (SSSR count). The predicted molar refractivity (Wildman–Crippen MR) is 78.8 cm³/mol. The van der Waals surface area contributed by atoms with E-state index in [2.05, 4.69) is 26.1 Å². The number of halogens is 1. The van der Waals surface area contributed by atoms with E-state index in [1.807, 2.05) is 12.1 Å². The van der Waals surface area contributed by atoms with Gasteiger partial charge in [0.25, 0.3) is 0 Å². The van der Waals surface area contributed by atoms with E-state index < -0.39 is 0 Å². The fraction of sp³-hybridized carbons (Fsp3) is 0.647. The van der Waals surface area contributed by atoms with Gasteiger partial charge in [-0.3, -0.25) is 0 Å². The fourth-order valence-electron chi connectivity index (χ4n) is 2.85. The van der Waals surface area contributed by atoms with Crippen LogP contribution in [0.25, 0.3) is 0 Å². The molecule has 0 spiro atoms. The molecule has 1 aromatic rings. The van der Waals surface area contributed by atoms with Crippen molar-refractivity contribution in [3.8, 4) is 0 Å². The van der Waals surface area contributed by atoms with Crippen LogP contribution in [0.2, 0.25) is 0 Å². The summed E-state index contributed by atoms with van der Waals surface area (Å²) in [4.78, 5) is 0. The SMILES string of the molecule is CCNC(CCC1CC1)C(C)(C)c1ccc(F)cc1. The Morgan fingerprint density at radius 2 is 1.89 bits per heavy atom. The minimum Gasteiger partial charge on any atom is -0.313 e. The number of hydrogen-bond donors (Lipinski definition) is 1. The van der Waals surface area contributed by atoms with Gasteiger partial charge in [-0.2, -0.15) is 0 Å². The Labute approximate surface area is 116 Å². The number of likely N-dealkylation sites (N-methyl/N-ethyl adjacent to an activating group) is 1. The molecule has 19 heavy (non-hydrogen) atoms. The van der Waals surface area contributed by atoms with E-state index in [9.17, 15) is 4.39 Å². The Morgan fingerprint density at radius 3 is 2.42 bits per heavy atom. The zero-order valence-electron chi connectivity index (χ0n) is 12.4. The van der Waals surface area contributed by atoms with Gasteiger partial charge >= 0.3 is 0 Å². The Hall–Kier alpha value is -0.890. The van der Waals surface area contributed by atoms with E-state index in [1.54, 1.807) is 12.1 Å². The van der Waals surface area contributed by atoms with Crippen molar-refractivity contribution in [1.29, 1.82) is 0 Å². The molecule has 1 aliphatic rings. The van der Waals surface area contributed by atoms with Gasteiger partial charge in [0.2, 0.25) is 0 Å². The monoisotopic (exact) mass is 263 g/mol. The maximum Gasteiger partial charge on any atom is 0.123 e. The van der Waals surface area contributed by atoms with Crippen LogP contribution in [0.5, 0.6) is 0 Å². The van der Waals surface area contributed by atoms with Gasteiger partial charge in [-0.15, -0.1) is 0 Å². The molecule has 1 nitrogen and oxygen atoms in total.